The van der Waals surface area contributed by atoms with Crippen molar-refractivity contribution in [3.63, 3.8) is 0 Å². The Bertz CT molecular complexity index is 841. The minimum Gasteiger partial charge on any atom is -0.481 e. The van der Waals surface area contributed by atoms with Crippen LogP contribution in [0.4, 0.5) is 0 Å². The van der Waals surface area contributed by atoms with Crippen LogP contribution >= 0.6 is 0 Å². The molecule has 0 unspecified atom stereocenters. The van der Waals surface area contributed by atoms with Gasteiger partial charge < -0.3 is 5.11 Å². The third kappa shape index (κ3) is 2.72. The van der Waals surface area contributed by atoms with Crippen LogP contribution in [0.25, 0.3) is 10.8 Å². The van der Waals surface area contributed by atoms with E-state index in [1.54, 1.807) is 31.2 Å². The summed E-state index contributed by atoms with van der Waals surface area (Å²) < 4.78 is 27.6. The maximum Gasteiger partial charge on any atom is 0.308 e. The summed E-state index contributed by atoms with van der Waals surface area (Å²) in [6, 6.07) is 12.0. The van der Waals surface area contributed by atoms with Crippen molar-refractivity contribution in [1.82, 2.24) is 4.31 Å². The number of benzene rings is 2. The smallest absolute Gasteiger partial charge is 0.308 e. The van der Waals surface area contributed by atoms with E-state index in [9.17, 15) is 18.3 Å². The first kappa shape index (κ1) is 16.0. The molecule has 1 aliphatic rings. The van der Waals surface area contributed by atoms with Gasteiger partial charge in [0.1, 0.15) is 0 Å². The van der Waals surface area contributed by atoms with Gasteiger partial charge in [-0.3, -0.25) is 4.79 Å². The molecule has 1 aliphatic heterocycles. The number of fused-ring (bicyclic) bond motifs is 1. The highest BCUT2D eigenvalue weighted by Crippen LogP contribution is 2.32. The minimum absolute atomic E-state index is 0.244. The quantitative estimate of drug-likeness (QED) is 0.937. The Morgan fingerprint density at radius 1 is 1.17 bits per heavy atom. The van der Waals surface area contributed by atoms with Gasteiger partial charge in [-0.2, -0.15) is 4.31 Å². The third-order valence-electron chi connectivity index (χ3n) is 4.58. The van der Waals surface area contributed by atoms with Gasteiger partial charge in [-0.15, -0.1) is 0 Å². The normalized spacial score (nSPS) is 23.0. The van der Waals surface area contributed by atoms with E-state index >= 15 is 0 Å². The molecule has 1 heterocycles. The molecule has 1 N–H and O–H groups in total. The summed E-state index contributed by atoms with van der Waals surface area (Å²) in [5.41, 5.74) is 0. The van der Waals surface area contributed by atoms with Crippen molar-refractivity contribution in [1.29, 1.82) is 0 Å². The highest BCUT2D eigenvalue weighted by atomic mass is 32.2. The van der Waals surface area contributed by atoms with Gasteiger partial charge >= 0.3 is 5.97 Å². The van der Waals surface area contributed by atoms with E-state index in [0.717, 1.165) is 5.39 Å². The van der Waals surface area contributed by atoms with E-state index in [4.69, 9.17) is 0 Å². The molecule has 2 atom stereocenters. The van der Waals surface area contributed by atoms with Gasteiger partial charge in [0.25, 0.3) is 0 Å². The zero-order valence-corrected chi connectivity index (χ0v) is 13.7. The van der Waals surface area contributed by atoms with Gasteiger partial charge in [0.2, 0.25) is 10.0 Å². The van der Waals surface area contributed by atoms with Crippen molar-refractivity contribution < 1.29 is 18.3 Å². The Kier molecular flexibility index (Phi) is 4.12. The molecule has 5 nitrogen and oxygen atoms in total. The monoisotopic (exact) mass is 333 g/mol. The fourth-order valence-electron chi connectivity index (χ4n) is 3.33. The van der Waals surface area contributed by atoms with E-state index in [0.29, 0.717) is 24.8 Å². The molecule has 0 saturated carbocycles. The Hall–Kier alpha value is -1.92. The zero-order chi connectivity index (χ0) is 16.6. The third-order valence-corrected chi connectivity index (χ3v) is 6.63. The molecule has 0 radical (unpaired) electrons. The van der Waals surface area contributed by atoms with Crippen LogP contribution in [-0.2, 0) is 14.8 Å². The number of hydrogen-bond acceptors (Lipinski definition) is 3. The number of carbonyl (C=O) groups is 1. The lowest BCUT2D eigenvalue weighted by Gasteiger charge is -2.36. The molecule has 3 rings (SSSR count). The second-order valence-corrected chi connectivity index (χ2v) is 7.78. The molecule has 0 spiro atoms. The zero-order valence-electron chi connectivity index (χ0n) is 12.8. The first-order chi connectivity index (χ1) is 10.9. The summed E-state index contributed by atoms with van der Waals surface area (Å²) in [5.74, 6) is -1.59. The number of nitrogens with zero attached hydrogens (tertiary/aromatic N) is 1. The number of carboxylic acids is 1. The molecule has 0 bridgehead atoms. The summed E-state index contributed by atoms with van der Waals surface area (Å²) in [4.78, 5) is 11.6. The van der Waals surface area contributed by atoms with Gasteiger partial charge in [0.05, 0.1) is 10.8 Å². The molecule has 0 aliphatic carbocycles. The molecule has 0 aromatic heterocycles. The lowest BCUT2D eigenvalue weighted by atomic mass is 9.92. The van der Waals surface area contributed by atoms with Crippen LogP contribution < -0.4 is 0 Å². The molecule has 122 valence electrons. The number of hydrogen-bond donors (Lipinski definition) is 1. The Morgan fingerprint density at radius 2 is 1.87 bits per heavy atom. The van der Waals surface area contributed by atoms with Crippen LogP contribution in [0.1, 0.15) is 19.8 Å². The van der Waals surface area contributed by atoms with Crippen molar-refractivity contribution in [2.45, 2.75) is 30.7 Å². The maximum atomic E-state index is 13.1. The number of rotatable bonds is 3. The van der Waals surface area contributed by atoms with Crippen LogP contribution in [0.5, 0.6) is 0 Å². The van der Waals surface area contributed by atoms with Crippen LogP contribution in [-0.4, -0.2) is 36.4 Å². The van der Waals surface area contributed by atoms with Crippen molar-refractivity contribution in [3.8, 4) is 0 Å². The molecule has 2 aromatic carbocycles. The summed E-state index contributed by atoms with van der Waals surface area (Å²) in [6.07, 6.45) is 1.07. The van der Waals surface area contributed by atoms with Crippen LogP contribution in [0.2, 0.25) is 0 Å². The van der Waals surface area contributed by atoms with E-state index in [1.165, 1.54) is 4.31 Å². The van der Waals surface area contributed by atoms with Crippen molar-refractivity contribution >= 4 is 26.8 Å². The Morgan fingerprint density at radius 3 is 2.61 bits per heavy atom. The molecule has 1 fully saturated rings. The summed E-state index contributed by atoms with van der Waals surface area (Å²) >= 11 is 0. The molecule has 2 aromatic rings. The van der Waals surface area contributed by atoms with Crippen LogP contribution in [0.3, 0.4) is 0 Å². The highest BCUT2D eigenvalue weighted by Gasteiger charge is 2.39. The van der Waals surface area contributed by atoms with Gasteiger partial charge in [-0.25, -0.2) is 8.42 Å². The standard InChI is InChI=1S/C17H19NO4S/c1-12-14(17(19)20)9-5-11-18(12)23(21,22)16-10-4-7-13-6-2-3-8-15(13)16/h2-4,6-8,10,12,14H,5,9,11H2,1H3,(H,19,20)/t12-,14-/m1/s1. The van der Waals surface area contributed by atoms with Crippen molar-refractivity contribution in [2.75, 3.05) is 6.54 Å². The first-order valence-corrected chi connectivity index (χ1v) is 9.09. The first-order valence-electron chi connectivity index (χ1n) is 7.65. The number of aliphatic carboxylic acids is 1. The van der Waals surface area contributed by atoms with Crippen molar-refractivity contribution in [2.24, 2.45) is 5.92 Å². The molecular formula is C17H19NO4S. The molecule has 1 saturated heterocycles. The lowest BCUT2D eigenvalue weighted by Crippen LogP contribution is -2.49. The molecular weight excluding hydrogens is 314 g/mol. The van der Waals surface area contributed by atoms with Gasteiger partial charge in [0.15, 0.2) is 0 Å². The van der Waals surface area contributed by atoms with Gasteiger partial charge in [0, 0.05) is 18.0 Å². The van der Waals surface area contributed by atoms with Crippen molar-refractivity contribution in [3.05, 3.63) is 42.5 Å². The average molecular weight is 333 g/mol. The van der Waals surface area contributed by atoms with Gasteiger partial charge in [-0.05, 0) is 31.2 Å². The van der Waals surface area contributed by atoms with E-state index < -0.39 is 28.0 Å². The predicted molar refractivity (Wildman–Crippen MR) is 87.7 cm³/mol. The number of carboxylic acid groups (broad SMARTS) is 1. The number of sulfonamides is 1. The van der Waals surface area contributed by atoms with E-state index in [1.807, 2.05) is 18.2 Å². The van der Waals surface area contributed by atoms with E-state index in [2.05, 4.69) is 0 Å². The Labute approximate surface area is 135 Å². The molecule has 6 heteroatoms. The maximum absolute atomic E-state index is 13.1. The predicted octanol–water partition coefficient (Wildman–Crippen LogP) is 2.71. The number of piperidine rings is 1. The van der Waals surface area contributed by atoms with Crippen LogP contribution in [0, 0.1) is 5.92 Å². The Balaban J connectivity index is 2.08. The fraction of sp³-hybridized carbons (Fsp3) is 0.353. The van der Waals surface area contributed by atoms with Crippen LogP contribution in [0.15, 0.2) is 47.4 Å². The molecule has 23 heavy (non-hydrogen) atoms. The molecule has 0 amide bonds. The topological polar surface area (TPSA) is 74.7 Å². The van der Waals surface area contributed by atoms with Gasteiger partial charge in [-0.1, -0.05) is 36.4 Å². The second-order valence-electron chi connectivity index (χ2n) is 5.92. The second kappa shape index (κ2) is 5.94. The highest BCUT2D eigenvalue weighted by molar-refractivity contribution is 7.89. The van der Waals surface area contributed by atoms with E-state index in [-0.39, 0.29) is 4.90 Å². The average Bonchev–Trinajstić information content (AvgIpc) is 2.54. The fourth-order valence-corrected chi connectivity index (χ4v) is 5.25. The summed E-state index contributed by atoms with van der Waals surface area (Å²) in [5, 5.41) is 10.8. The lowest BCUT2D eigenvalue weighted by molar-refractivity contribution is -0.144. The summed E-state index contributed by atoms with van der Waals surface area (Å²) in [6.45, 7) is 2.04. The SMILES string of the molecule is C[C@@H]1[C@H](C(=O)O)CCCN1S(=O)(=O)c1cccc2ccccc12. The summed E-state index contributed by atoms with van der Waals surface area (Å²) in [7, 11) is -3.73. The largest absolute Gasteiger partial charge is 0.481 e. The minimum atomic E-state index is -3.73.